The number of hydrogen-bond donors (Lipinski definition) is 1. The molecule has 0 aliphatic carbocycles. The standard InChI is InChI=1S/C17H20N6O/c1-11(12-5-7-13(8-6-12)22(2)3)17(24)20-15-14-16(23(4)21-15)19-10-9-18-14/h5-11H,1-4H3,(H,20,21,24). The summed E-state index contributed by atoms with van der Waals surface area (Å²) in [4.78, 5) is 23.1. The molecule has 0 saturated carbocycles. The molecule has 0 aliphatic rings. The van der Waals surface area contributed by atoms with E-state index in [4.69, 9.17) is 0 Å². The van der Waals surface area contributed by atoms with Gasteiger partial charge in [0.1, 0.15) is 0 Å². The van der Waals surface area contributed by atoms with Crippen molar-refractivity contribution in [3.63, 3.8) is 0 Å². The predicted molar refractivity (Wildman–Crippen MR) is 94.1 cm³/mol. The largest absolute Gasteiger partial charge is 0.378 e. The van der Waals surface area contributed by atoms with Gasteiger partial charge in [0, 0.05) is 39.2 Å². The maximum atomic E-state index is 12.6. The summed E-state index contributed by atoms with van der Waals surface area (Å²) in [5.41, 5.74) is 3.26. The van der Waals surface area contributed by atoms with Gasteiger partial charge in [-0.3, -0.25) is 4.79 Å². The van der Waals surface area contributed by atoms with Crippen LogP contribution >= 0.6 is 0 Å². The quantitative estimate of drug-likeness (QED) is 0.796. The fraction of sp³-hybridized carbons (Fsp3) is 0.294. The molecule has 0 fully saturated rings. The molecule has 1 aromatic carbocycles. The lowest BCUT2D eigenvalue weighted by atomic mass is 10.00. The van der Waals surface area contributed by atoms with E-state index in [1.165, 1.54) is 0 Å². The Morgan fingerprint density at radius 1 is 1.17 bits per heavy atom. The predicted octanol–water partition coefficient (Wildman–Crippen LogP) is 2.17. The minimum Gasteiger partial charge on any atom is -0.378 e. The lowest BCUT2D eigenvalue weighted by Gasteiger charge is -2.15. The highest BCUT2D eigenvalue weighted by Crippen LogP contribution is 2.23. The van der Waals surface area contributed by atoms with Crippen molar-refractivity contribution in [2.24, 2.45) is 7.05 Å². The first-order valence-corrected chi connectivity index (χ1v) is 7.69. The van der Waals surface area contributed by atoms with Gasteiger partial charge in [-0.2, -0.15) is 5.10 Å². The monoisotopic (exact) mass is 324 g/mol. The van der Waals surface area contributed by atoms with Crippen molar-refractivity contribution >= 4 is 28.6 Å². The van der Waals surface area contributed by atoms with Crippen molar-refractivity contribution in [3.8, 4) is 0 Å². The van der Waals surface area contributed by atoms with E-state index < -0.39 is 0 Å². The SMILES string of the molecule is CC(C(=O)Nc1nn(C)c2nccnc12)c1ccc(N(C)C)cc1. The van der Waals surface area contributed by atoms with Crippen molar-refractivity contribution in [3.05, 3.63) is 42.2 Å². The van der Waals surface area contributed by atoms with Crippen LogP contribution in [0.25, 0.3) is 11.2 Å². The number of rotatable bonds is 4. The van der Waals surface area contributed by atoms with E-state index in [2.05, 4.69) is 20.4 Å². The molecule has 3 aromatic rings. The second-order valence-corrected chi connectivity index (χ2v) is 5.90. The molecule has 0 saturated heterocycles. The lowest BCUT2D eigenvalue weighted by Crippen LogP contribution is -2.19. The number of fused-ring (bicyclic) bond motifs is 1. The summed E-state index contributed by atoms with van der Waals surface area (Å²) < 4.78 is 1.61. The van der Waals surface area contributed by atoms with E-state index >= 15 is 0 Å². The van der Waals surface area contributed by atoms with Gasteiger partial charge in [-0.15, -0.1) is 0 Å². The van der Waals surface area contributed by atoms with Crippen LogP contribution in [0.5, 0.6) is 0 Å². The van der Waals surface area contributed by atoms with Crippen LogP contribution in [0.1, 0.15) is 18.4 Å². The van der Waals surface area contributed by atoms with Crippen LogP contribution in [-0.4, -0.2) is 39.8 Å². The summed E-state index contributed by atoms with van der Waals surface area (Å²) in [5, 5.41) is 7.15. The first-order valence-electron chi connectivity index (χ1n) is 7.69. The highest BCUT2D eigenvalue weighted by atomic mass is 16.2. The number of benzene rings is 1. The molecule has 0 radical (unpaired) electrons. The van der Waals surface area contributed by atoms with Gasteiger partial charge < -0.3 is 10.2 Å². The Balaban J connectivity index is 1.80. The minimum atomic E-state index is -0.296. The third-order valence-corrected chi connectivity index (χ3v) is 4.00. The molecule has 7 heteroatoms. The van der Waals surface area contributed by atoms with Crippen molar-refractivity contribution in [1.29, 1.82) is 0 Å². The molecule has 2 aromatic heterocycles. The number of aryl methyl sites for hydroxylation is 1. The molecule has 1 atom stereocenters. The Labute approximate surface area is 140 Å². The Bertz CT molecular complexity index is 868. The van der Waals surface area contributed by atoms with Crippen LogP contribution in [0.3, 0.4) is 0 Å². The van der Waals surface area contributed by atoms with Gasteiger partial charge in [0.25, 0.3) is 0 Å². The number of nitrogens with zero attached hydrogens (tertiary/aromatic N) is 5. The summed E-state index contributed by atoms with van der Waals surface area (Å²) >= 11 is 0. The number of nitrogens with one attached hydrogen (secondary N) is 1. The van der Waals surface area contributed by atoms with Gasteiger partial charge in [0.05, 0.1) is 5.92 Å². The van der Waals surface area contributed by atoms with E-state index in [0.29, 0.717) is 17.0 Å². The molecular weight excluding hydrogens is 304 g/mol. The zero-order valence-electron chi connectivity index (χ0n) is 14.2. The molecular formula is C17H20N6O. The molecule has 1 unspecified atom stereocenters. The molecule has 24 heavy (non-hydrogen) atoms. The van der Waals surface area contributed by atoms with E-state index in [-0.39, 0.29) is 11.8 Å². The van der Waals surface area contributed by atoms with Crippen molar-refractivity contribution in [1.82, 2.24) is 19.7 Å². The Kier molecular flexibility index (Phi) is 4.16. The zero-order valence-corrected chi connectivity index (χ0v) is 14.2. The number of amides is 1. The van der Waals surface area contributed by atoms with Crippen LogP contribution < -0.4 is 10.2 Å². The maximum absolute atomic E-state index is 12.6. The van der Waals surface area contributed by atoms with E-state index in [0.717, 1.165) is 11.3 Å². The number of aromatic nitrogens is 4. The van der Waals surface area contributed by atoms with E-state index in [9.17, 15) is 4.79 Å². The Morgan fingerprint density at radius 2 is 1.83 bits per heavy atom. The average Bonchev–Trinajstić information content (AvgIpc) is 2.90. The van der Waals surface area contributed by atoms with Gasteiger partial charge in [-0.05, 0) is 24.6 Å². The summed E-state index contributed by atoms with van der Waals surface area (Å²) in [5.74, 6) is 0.00978. The molecule has 0 spiro atoms. The maximum Gasteiger partial charge on any atom is 0.232 e. The molecule has 0 bridgehead atoms. The van der Waals surface area contributed by atoms with Crippen LogP contribution in [0.4, 0.5) is 11.5 Å². The second-order valence-electron chi connectivity index (χ2n) is 5.90. The summed E-state index contributed by atoms with van der Waals surface area (Å²) in [6, 6.07) is 7.94. The van der Waals surface area contributed by atoms with Crippen LogP contribution in [0.2, 0.25) is 0 Å². The zero-order chi connectivity index (χ0) is 17.3. The van der Waals surface area contributed by atoms with Crippen LogP contribution in [-0.2, 0) is 11.8 Å². The van der Waals surface area contributed by atoms with Gasteiger partial charge in [-0.25, -0.2) is 14.6 Å². The summed E-state index contributed by atoms with van der Waals surface area (Å²) in [6.07, 6.45) is 3.19. The molecule has 1 amide bonds. The normalized spacial score (nSPS) is 12.2. The van der Waals surface area contributed by atoms with Crippen LogP contribution in [0, 0.1) is 0 Å². The molecule has 124 valence electrons. The summed E-state index contributed by atoms with van der Waals surface area (Å²) in [7, 11) is 5.74. The number of hydrogen-bond acceptors (Lipinski definition) is 5. The van der Waals surface area contributed by atoms with Gasteiger partial charge in [-0.1, -0.05) is 12.1 Å². The van der Waals surface area contributed by atoms with Gasteiger partial charge in [0.2, 0.25) is 5.91 Å². The smallest absolute Gasteiger partial charge is 0.232 e. The molecule has 0 aliphatic heterocycles. The topological polar surface area (TPSA) is 75.9 Å². The number of carbonyl (C=O) groups excluding carboxylic acids is 1. The van der Waals surface area contributed by atoms with Gasteiger partial charge in [0.15, 0.2) is 17.0 Å². The van der Waals surface area contributed by atoms with Gasteiger partial charge >= 0.3 is 0 Å². The lowest BCUT2D eigenvalue weighted by molar-refractivity contribution is -0.117. The fourth-order valence-electron chi connectivity index (χ4n) is 2.50. The third-order valence-electron chi connectivity index (χ3n) is 4.00. The van der Waals surface area contributed by atoms with Crippen molar-refractivity contribution in [2.45, 2.75) is 12.8 Å². The van der Waals surface area contributed by atoms with Crippen molar-refractivity contribution in [2.75, 3.05) is 24.3 Å². The first-order chi connectivity index (χ1) is 11.5. The Morgan fingerprint density at radius 3 is 2.50 bits per heavy atom. The first kappa shape index (κ1) is 15.9. The average molecular weight is 324 g/mol. The summed E-state index contributed by atoms with van der Waals surface area (Å²) in [6.45, 7) is 1.87. The molecule has 7 nitrogen and oxygen atoms in total. The fourth-order valence-corrected chi connectivity index (χ4v) is 2.50. The third kappa shape index (κ3) is 2.92. The molecule has 1 N–H and O–H groups in total. The molecule has 2 heterocycles. The molecule has 3 rings (SSSR count). The minimum absolute atomic E-state index is 0.127. The second kappa shape index (κ2) is 6.27. The van der Waals surface area contributed by atoms with Crippen LogP contribution in [0.15, 0.2) is 36.7 Å². The van der Waals surface area contributed by atoms with E-state index in [1.54, 1.807) is 24.1 Å². The Hall–Kier alpha value is -2.96. The highest BCUT2D eigenvalue weighted by Gasteiger charge is 2.19. The van der Waals surface area contributed by atoms with Crippen molar-refractivity contribution < 1.29 is 4.79 Å². The highest BCUT2D eigenvalue weighted by molar-refractivity contribution is 6.00. The van der Waals surface area contributed by atoms with E-state index in [1.807, 2.05) is 50.2 Å². The number of carbonyl (C=O) groups is 1. The number of anilines is 2.